The lowest BCUT2D eigenvalue weighted by Gasteiger charge is -2.21. The van der Waals surface area contributed by atoms with Gasteiger partial charge in [0.25, 0.3) is 0 Å². The third-order valence-corrected chi connectivity index (χ3v) is 26.9. The lowest BCUT2D eigenvalue weighted by Crippen LogP contribution is -2.16. The minimum Gasteiger partial charge on any atom is -0.486 e. The summed E-state index contributed by atoms with van der Waals surface area (Å²) >= 11 is 16.4. The van der Waals surface area contributed by atoms with Crippen molar-refractivity contribution in [3.05, 3.63) is 233 Å². The van der Waals surface area contributed by atoms with Gasteiger partial charge in [0.2, 0.25) is 6.79 Å². The largest absolute Gasteiger partial charge is 0.486 e. The predicted molar refractivity (Wildman–Crippen MR) is 439 cm³/mol. The monoisotopic (exact) mass is 1480 g/mol. The zero-order chi connectivity index (χ0) is 70.9. The first kappa shape index (κ1) is 74.4. The van der Waals surface area contributed by atoms with Crippen molar-refractivity contribution in [3.8, 4) is 23.0 Å². The van der Waals surface area contributed by atoms with Crippen molar-refractivity contribution in [3.63, 3.8) is 0 Å². The molecule has 0 bridgehead atoms. The molecule has 2 aliphatic heterocycles. The van der Waals surface area contributed by atoms with Crippen LogP contribution in [0.2, 0.25) is 0 Å². The van der Waals surface area contributed by atoms with Crippen LogP contribution in [0, 0.1) is 138 Å². The second kappa shape index (κ2) is 33.5. The number of aromatic nitrogens is 3. The summed E-state index contributed by atoms with van der Waals surface area (Å²) in [5, 5.41) is 7.22. The second-order valence-corrected chi connectivity index (χ2v) is 35.1. The molecule has 6 aromatic carbocycles. The van der Waals surface area contributed by atoms with E-state index in [2.05, 4.69) is 212 Å². The maximum Gasteiger partial charge on any atom is 0.231 e. The molecule has 514 valence electrons. The van der Waals surface area contributed by atoms with E-state index in [1.165, 1.54) is 146 Å². The van der Waals surface area contributed by atoms with Gasteiger partial charge in [0.15, 0.2) is 35.0 Å². The lowest BCUT2D eigenvalue weighted by atomic mass is 10.1. The van der Waals surface area contributed by atoms with Crippen molar-refractivity contribution in [2.75, 3.05) is 20.0 Å². The van der Waals surface area contributed by atoms with E-state index in [9.17, 15) is 0 Å². The Morgan fingerprint density at radius 2 is 0.727 bits per heavy atom. The van der Waals surface area contributed by atoms with Gasteiger partial charge in [-0.1, -0.05) is 78.4 Å². The Morgan fingerprint density at radius 1 is 0.323 bits per heavy atom. The molecule has 0 amide bonds. The summed E-state index contributed by atoms with van der Waals surface area (Å²) in [6.45, 7) is 44.1. The van der Waals surface area contributed by atoms with Crippen LogP contribution in [0.1, 0.15) is 107 Å². The van der Waals surface area contributed by atoms with Gasteiger partial charge in [0.05, 0.1) is 11.7 Å². The van der Waals surface area contributed by atoms with E-state index in [4.69, 9.17) is 23.4 Å². The van der Waals surface area contributed by atoms with E-state index in [-0.39, 0.29) is 0 Å². The van der Waals surface area contributed by atoms with Crippen molar-refractivity contribution in [1.29, 1.82) is 0 Å². The van der Waals surface area contributed by atoms with Crippen molar-refractivity contribution in [1.82, 2.24) is 13.7 Å². The molecular formula is C82H87N3O5S9. The summed E-state index contributed by atoms with van der Waals surface area (Å²) < 4.78 is 46.9. The number of nitrogens with zero attached hydrogens (tertiary/aromatic N) is 3. The first-order valence-corrected chi connectivity index (χ1v) is 40.2. The Hall–Kier alpha value is -7.29. The zero-order valence-corrected chi connectivity index (χ0v) is 67.7. The van der Waals surface area contributed by atoms with E-state index in [1.54, 1.807) is 0 Å². The Bertz CT molecular complexity index is 4990. The fourth-order valence-electron chi connectivity index (χ4n) is 11.1. The summed E-state index contributed by atoms with van der Waals surface area (Å²) in [6.07, 6.45) is 1.49. The highest BCUT2D eigenvalue weighted by Crippen LogP contribution is 2.41. The van der Waals surface area contributed by atoms with Crippen LogP contribution in [-0.2, 0) is 0 Å². The Morgan fingerprint density at radius 3 is 1.22 bits per heavy atom. The van der Waals surface area contributed by atoms with Gasteiger partial charge in [-0.3, -0.25) is 0 Å². The first-order chi connectivity index (χ1) is 47.3. The Balaban J connectivity index is 0.000000121. The third-order valence-electron chi connectivity index (χ3n) is 16.8. The SMILES string of the molecule is Cc1cc2sc(C)cc2s1.Cc1ccc(C)c2c1OCCO2.Cc1ccc(C)c2c1OCO2.Cc1ccc(C)c2nsnc12.Cc1ccc(C)c2ocnc12.Cc1ccc2cc(C)sc2c1.Cc1ccc2sc(C)cc2c1.Cc1csc2c(C)csc12.Cc1sc2c(C)c(C)sc2c1C. The third kappa shape index (κ3) is 18.3. The average Bonchev–Trinajstić information content (AvgIpc) is 1.62. The minimum absolute atomic E-state index is 0.362. The van der Waals surface area contributed by atoms with Crippen LogP contribution in [0.25, 0.3) is 70.5 Å². The standard InChI is InChI=1S/C10H12O2.C10H12S2.2C10H10S.C9H9NO.C9H10O2.C8H8N2S.2C8H8S2/c1-7-3-4-8(2)10-9(7)11-5-6-12-10;1-5-7(3)11-10-6(2)8(4)12-9(5)10;1-7-3-4-10-9(5-7)6-8(2)11-10;1-7-3-4-9-6-8(2)11-10(9)5-7;2*1-6-3-4-7(2)9-8(6)10-5-11-9;1-5-3-4-6(2)8-7(5)9-11-10-8;1-5-3-9-8-6(2)4-10-7(5)8;1-5-3-7-8(9-5)4-6(2)10-7/h3-4H,5-6H2,1-2H3;1-4H3;2*3-6H,1-2H3;3-5H,1-2H3;3-4H,5H2,1-2H3;3-4H,1-2H3;2*3-4H,1-2H3. The molecular weight excluding hydrogens is 1400 g/mol. The molecule has 0 N–H and O–H groups in total. The van der Waals surface area contributed by atoms with Crippen molar-refractivity contribution < 1.29 is 23.4 Å². The second-order valence-electron chi connectivity index (χ2n) is 25.2. The molecule has 0 atom stereocenters. The van der Waals surface area contributed by atoms with Gasteiger partial charge in [-0.15, -0.1) is 90.7 Å². The van der Waals surface area contributed by atoms with Crippen molar-refractivity contribution in [2.24, 2.45) is 0 Å². The number of hydrogen-bond acceptors (Lipinski definition) is 17. The van der Waals surface area contributed by atoms with Crippen molar-refractivity contribution in [2.45, 2.75) is 138 Å². The maximum atomic E-state index is 5.51. The normalized spacial score (nSPS) is 11.6. The van der Waals surface area contributed by atoms with Gasteiger partial charge in [0.1, 0.15) is 29.8 Å². The van der Waals surface area contributed by atoms with Gasteiger partial charge >= 0.3 is 0 Å². The van der Waals surface area contributed by atoms with Crippen LogP contribution in [-0.4, -0.2) is 33.7 Å². The average molecular weight is 1480 g/mol. The molecule has 0 saturated heterocycles. The molecule has 0 aliphatic carbocycles. The number of hydrogen-bond donors (Lipinski definition) is 0. The van der Waals surface area contributed by atoms with Gasteiger partial charge in [-0.2, -0.15) is 8.75 Å². The van der Waals surface area contributed by atoms with Crippen LogP contribution in [0.15, 0.2) is 131 Å². The number of fused-ring (bicyclic) bond motifs is 9. The molecule has 17 heteroatoms. The fraction of sp³-hybridized carbons (Fsp3) is 0.280. The molecule has 99 heavy (non-hydrogen) atoms. The highest BCUT2D eigenvalue weighted by Gasteiger charge is 2.18. The van der Waals surface area contributed by atoms with Gasteiger partial charge in [-0.25, -0.2) is 4.98 Å². The molecule has 0 spiro atoms. The summed E-state index contributed by atoms with van der Waals surface area (Å²) in [4.78, 5) is 12.7. The number of aryl methyl sites for hydroxylation is 20. The highest BCUT2D eigenvalue weighted by atomic mass is 32.1. The van der Waals surface area contributed by atoms with Gasteiger partial charge < -0.3 is 23.4 Å². The number of benzene rings is 6. The summed E-state index contributed by atoms with van der Waals surface area (Å²) in [5.41, 5.74) is 21.8. The van der Waals surface area contributed by atoms with Crippen molar-refractivity contribution >= 4 is 173 Å². The molecule has 2 aliphatic rings. The van der Waals surface area contributed by atoms with E-state index in [1.807, 2.05) is 150 Å². The van der Waals surface area contributed by atoms with Crippen LogP contribution in [0.4, 0.5) is 0 Å². The van der Waals surface area contributed by atoms with Gasteiger partial charge in [-0.05, 0) is 269 Å². The first-order valence-electron chi connectivity index (χ1n) is 32.8. The Labute approximate surface area is 619 Å². The minimum atomic E-state index is 0.362. The van der Waals surface area contributed by atoms with E-state index < -0.39 is 0 Å². The fourth-order valence-corrected chi connectivity index (χ4v) is 20.8. The summed E-state index contributed by atoms with van der Waals surface area (Å²) in [6, 6.07) is 38.7. The number of oxazole rings is 1. The smallest absolute Gasteiger partial charge is 0.231 e. The quantitative estimate of drug-likeness (QED) is 0.148. The molecule has 0 unspecified atom stereocenters. The molecule has 0 fully saturated rings. The number of ether oxygens (including phenoxy) is 4. The summed E-state index contributed by atoms with van der Waals surface area (Å²) in [7, 11) is 0. The van der Waals surface area contributed by atoms with E-state index in [0.29, 0.717) is 20.0 Å². The number of thiophene rings is 8. The zero-order valence-electron chi connectivity index (χ0n) is 60.3. The lowest BCUT2D eigenvalue weighted by molar-refractivity contribution is 0.169. The van der Waals surface area contributed by atoms with Crippen LogP contribution in [0.5, 0.6) is 23.0 Å². The number of rotatable bonds is 0. The summed E-state index contributed by atoms with van der Waals surface area (Å²) in [5.74, 6) is 3.65. The van der Waals surface area contributed by atoms with Crippen LogP contribution in [0.3, 0.4) is 0 Å². The van der Waals surface area contributed by atoms with E-state index in [0.717, 1.165) is 72.9 Å². The molecule has 10 aromatic heterocycles. The van der Waals surface area contributed by atoms with Crippen LogP contribution >= 0.6 is 102 Å². The predicted octanol–water partition coefficient (Wildman–Crippen LogP) is 27.3. The van der Waals surface area contributed by atoms with Crippen LogP contribution < -0.4 is 18.9 Å². The molecule has 16 aromatic rings. The van der Waals surface area contributed by atoms with Gasteiger partial charge in [0, 0.05) is 66.9 Å². The molecule has 18 rings (SSSR count). The molecule has 0 radical (unpaired) electrons. The van der Waals surface area contributed by atoms with E-state index >= 15 is 0 Å². The topological polar surface area (TPSA) is 88.7 Å². The Kier molecular flexibility index (Phi) is 25.1. The molecule has 8 nitrogen and oxygen atoms in total. The maximum absolute atomic E-state index is 5.51. The molecule has 0 saturated carbocycles. The molecule has 12 heterocycles. The highest BCUT2D eigenvalue weighted by molar-refractivity contribution is 7.29.